The molecule has 138 valence electrons. The standard InChI is InChI=1S/C16H21F3N4O2/c1-15(2,3)25-14(24)22-6-8-23(9-7-22)21-11-13-5-4-12(10-20-13)16(17,18)19/h4-5,10-11H,6-9H2,1-3H3/b21-11+. The number of carbonyl (C=O) groups excluding carboxylic acids is 1. The van der Waals surface area contributed by atoms with E-state index < -0.39 is 17.3 Å². The summed E-state index contributed by atoms with van der Waals surface area (Å²) in [5, 5.41) is 5.94. The smallest absolute Gasteiger partial charge is 0.417 e. The number of hydrogen-bond donors (Lipinski definition) is 0. The lowest BCUT2D eigenvalue weighted by Gasteiger charge is -2.34. The molecule has 2 rings (SSSR count). The van der Waals surface area contributed by atoms with Crippen molar-refractivity contribution in [2.24, 2.45) is 5.10 Å². The van der Waals surface area contributed by atoms with Crippen LogP contribution in [0.15, 0.2) is 23.4 Å². The highest BCUT2D eigenvalue weighted by molar-refractivity contribution is 5.76. The maximum atomic E-state index is 12.5. The Balaban J connectivity index is 1.85. The van der Waals surface area contributed by atoms with Gasteiger partial charge in [0.1, 0.15) is 5.60 Å². The van der Waals surface area contributed by atoms with Crippen LogP contribution in [0.4, 0.5) is 18.0 Å². The molecule has 6 nitrogen and oxygen atoms in total. The topological polar surface area (TPSA) is 58.0 Å². The van der Waals surface area contributed by atoms with Crippen LogP contribution >= 0.6 is 0 Å². The average molecular weight is 358 g/mol. The first kappa shape index (κ1) is 19.0. The number of ether oxygens (including phenoxy) is 1. The summed E-state index contributed by atoms with van der Waals surface area (Å²) in [7, 11) is 0. The molecule has 1 aliphatic heterocycles. The second kappa shape index (κ2) is 7.28. The number of amides is 1. The summed E-state index contributed by atoms with van der Waals surface area (Å²) in [5.41, 5.74) is -1.00. The molecule has 1 fully saturated rings. The minimum absolute atomic E-state index is 0.336. The van der Waals surface area contributed by atoms with E-state index in [1.165, 1.54) is 12.3 Å². The molecule has 1 aromatic rings. The van der Waals surface area contributed by atoms with E-state index in [2.05, 4.69) is 10.1 Å². The number of nitrogens with zero attached hydrogens (tertiary/aromatic N) is 4. The van der Waals surface area contributed by atoms with Gasteiger partial charge in [0.05, 0.1) is 30.6 Å². The number of alkyl halides is 3. The molecule has 1 aromatic heterocycles. The number of rotatable bonds is 2. The highest BCUT2D eigenvalue weighted by Gasteiger charge is 2.30. The van der Waals surface area contributed by atoms with Crippen LogP contribution in [0.25, 0.3) is 0 Å². The number of pyridine rings is 1. The molecule has 25 heavy (non-hydrogen) atoms. The zero-order chi connectivity index (χ0) is 18.7. The van der Waals surface area contributed by atoms with E-state index in [1.807, 2.05) is 20.8 Å². The van der Waals surface area contributed by atoms with Crippen molar-refractivity contribution in [2.75, 3.05) is 26.2 Å². The van der Waals surface area contributed by atoms with Crippen LogP contribution in [0.3, 0.4) is 0 Å². The number of carbonyl (C=O) groups is 1. The van der Waals surface area contributed by atoms with Gasteiger partial charge in [-0.3, -0.25) is 9.99 Å². The largest absolute Gasteiger partial charge is 0.444 e. The van der Waals surface area contributed by atoms with E-state index in [0.29, 0.717) is 31.9 Å². The molecule has 9 heteroatoms. The van der Waals surface area contributed by atoms with Gasteiger partial charge in [0.15, 0.2) is 0 Å². The zero-order valence-corrected chi connectivity index (χ0v) is 14.4. The highest BCUT2D eigenvalue weighted by atomic mass is 19.4. The van der Waals surface area contributed by atoms with Crippen LogP contribution < -0.4 is 0 Å². The Morgan fingerprint density at radius 1 is 1.20 bits per heavy atom. The van der Waals surface area contributed by atoms with Gasteiger partial charge in [-0.1, -0.05) is 0 Å². The van der Waals surface area contributed by atoms with Gasteiger partial charge in [-0.2, -0.15) is 18.3 Å². The Morgan fingerprint density at radius 3 is 2.32 bits per heavy atom. The first-order chi connectivity index (χ1) is 11.5. The van der Waals surface area contributed by atoms with Gasteiger partial charge in [-0.15, -0.1) is 0 Å². The normalized spacial score (nSPS) is 16.4. The van der Waals surface area contributed by atoms with Gasteiger partial charge in [-0.25, -0.2) is 4.79 Å². The first-order valence-corrected chi connectivity index (χ1v) is 7.85. The molecule has 1 saturated heterocycles. The summed E-state index contributed by atoms with van der Waals surface area (Å²) < 4.78 is 42.7. The Kier molecular flexibility index (Phi) is 5.54. The van der Waals surface area contributed by atoms with Gasteiger partial charge in [0.25, 0.3) is 0 Å². The first-order valence-electron chi connectivity index (χ1n) is 7.85. The maximum Gasteiger partial charge on any atom is 0.417 e. The molecule has 0 bridgehead atoms. The Hall–Kier alpha value is -2.32. The molecule has 0 spiro atoms. The molecule has 0 radical (unpaired) electrons. The fraction of sp³-hybridized carbons (Fsp3) is 0.562. The maximum absolute atomic E-state index is 12.5. The van der Waals surface area contributed by atoms with E-state index in [4.69, 9.17) is 4.74 Å². The fourth-order valence-electron chi connectivity index (χ4n) is 2.11. The molecule has 2 heterocycles. The second-order valence-corrected chi connectivity index (χ2v) is 6.64. The van der Waals surface area contributed by atoms with E-state index in [0.717, 1.165) is 12.3 Å². The number of aromatic nitrogens is 1. The zero-order valence-electron chi connectivity index (χ0n) is 14.4. The molecule has 0 aromatic carbocycles. The van der Waals surface area contributed by atoms with Crippen molar-refractivity contribution in [2.45, 2.75) is 32.5 Å². The number of halogens is 3. The molecular weight excluding hydrogens is 337 g/mol. The summed E-state index contributed by atoms with van der Waals surface area (Å²) in [4.78, 5) is 17.3. The molecule has 1 amide bonds. The molecule has 0 N–H and O–H groups in total. The number of hydrazone groups is 1. The Bertz CT molecular complexity index is 616. The van der Waals surface area contributed by atoms with Crippen LogP contribution in [0, 0.1) is 0 Å². The molecule has 0 saturated carbocycles. The van der Waals surface area contributed by atoms with Gasteiger partial charge in [0, 0.05) is 19.3 Å². The van der Waals surface area contributed by atoms with E-state index >= 15 is 0 Å². The SMILES string of the molecule is CC(C)(C)OC(=O)N1CCN(/N=C/c2ccc(C(F)(F)F)cn2)CC1. The van der Waals surface area contributed by atoms with Crippen LogP contribution in [-0.2, 0) is 10.9 Å². The van der Waals surface area contributed by atoms with E-state index in [1.54, 1.807) is 9.91 Å². The third kappa shape index (κ3) is 5.91. The Labute approximate surface area is 144 Å². The minimum atomic E-state index is -4.40. The van der Waals surface area contributed by atoms with E-state index in [-0.39, 0.29) is 6.09 Å². The third-order valence-corrected chi connectivity index (χ3v) is 3.37. The van der Waals surface area contributed by atoms with Crippen molar-refractivity contribution in [1.82, 2.24) is 14.9 Å². The lowest BCUT2D eigenvalue weighted by molar-refractivity contribution is -0.137. The quantitative estimate of drug-likeness (QED) is 0.763. The summed E-state index contributed by atoms with van der Waals surface area (Å²) in [5.74, 6) is 0. The molecule has 0 atom stereocenters. The van der Waals surface area contributed by atoms with Crippen LogP contribution in [0.2, 0.25) is 0 Å². The van der Waals surface area contributed by atoms with Gasteiger partial charge >= 0.3 is 12.3 Å². The summed E-state index contributed by atoms with van der Waals surface area (Å²) in [6, 6.07) is 2.23. The second-order valence-electron chi connectivity index (χ2n) is 6.64. The van der Waals surface area contributed by atoms with Crippen LogP contribution in [-0.4, -0.2) is 59.0 Å². The van der Waals surface area contributed by atoms with Crippen molar-refractivity contribution < 1.29 is 22.7 Å². The van der Waals surface area contributed by atoms with Gasteiger partial charge < -0.3 is 9.64 Å². The summed E-state index contributed by atoms with van der Waals surface area (Å²) >= 11 is 0. The van der Waals surface area contributed by atoms with Crippen molar-refractivity contribution in [3.63, 3.8) is 0 Å². The Morgan fingerprint density at radius 2 is 1.84 bits per heavy atom. The molecule has 0 unspecified atom stereocenters. The summed E-state index contributed by atoms with van der Waals surface area (Å²) in [6.45, 7) is 7.37. The lowest BCUT2D eigenvalue weighted by Crippen LogP contribution is -2.48. The van der Waals surface area contributed by atoms with Crippen molar-refractivity contribution >= 4 is 12.3 Å². The monoisotopic (exact) mass is 358 g/mol. The molecule has 0 aliphatic carbocycles. The highest BCUT2D eigenvalue weighted by Crippen LogP contribution is 2.28. The van der Waals surface area contributed by atoms with Crippen molar-refractivity contribution in [1.29, 1.82) is 0 Å². The van der Waals surface area contributed by atoms with Crippen molar-refractivity contribution in [3.8, 4) is 0 Å². The lowest BCUT2D eigenvalue weighted by atomic mass is 10.2. The average Bonchev–Trinajstić information content (AvgIpc) is 2.51. The molecule has 1 aliphatic rings. The fourth-order valence-corrected chi connectivity index (χ4v) is 2.11. The number of piperazine rings is 1. The minimum Gasteiger partial charge on any atom is -0.444 e. The predicted octanol–water partition coefficient (Wildman–Crippen LogP) is 2.99. The third-order valence-electron chi connectivity index (χ3n) is 3.37. The van der Waals surface area contributed by atoms with Crippen LogP contribution in [0.1, 0.15) is 32.0 Å². The van der Waals surface area contributed by atoms with Crippen molar-refractivity contribution in [3.05, 3.63) is 29.6 Å². The van der Waals surface area contributed by atoms with Crippen LogP contribution in [0.5, 0.6) is 0 Å². The summed E-state index contributed by atoms with van der Waals surface area (Å²) in [6.07, 6.45) is -2.58. The van der Waals surface area contributed by atoms with Gasteiger partial charge in [-0.05, 0) is 32.9 Å². The predicted molar refractivity (Wildman–Crippen MR) is 86.2 cm³/mol. The number of hydrogen-bond acceptors (Lipinski definition) is 5. The molecular formula is C16H21F3N4O2. The van der Waals surface area contributed by atoms with E-state index in [9.17, 15) is 18.0 Å². The van der Waals surface area contributed by atoms with Gasteiger partial charge in [0.2, 0.25) is 0 Å².